The van der Waals surface area contributed by atoms with E-state index in [1.165, 1.54) is 11.8 Å². The molecule has 0 aliphatic rings. The van der Waals surface area contributed by atoms with Gasteiger partial charge in [-0.3, -0.25) is 4.79 Å². The maximum Gasteiger partial charge on any atom is 0.258 e. The highest BCUT2D eigenvalue weighted by Gasteiger charge is 2.14. The van der Waals surface area contributed by atoms with Gasteiger partial charge in [0.2, 0.25) is 0 Å². The van der Waals surface area contributed by atoms with Gasteiger partial charge in [0, 0.05) is 28.2 Å². The van der Waals surface area contributed by atoms with Gasteiger partial charge in [-0.2, -0.15) is 0 Å². The van der Waals surface area contributed by atoms with Crippen LogP contribution in [-0.4, -0.2) is 15.9 Å². The van der Waals surface area contributed by atoms with Crippen LogP contribution in [0.3, 0.4) is 0 Å². The largest absolute Gasteiger partial charge is 0.441 e. The molecule has 2 aromatic heterocycles. The lowest BCUT2D eigenvalue weighted by Crippen LogP contribution is -2.13. The first-order chi connectivity index (χ1) is 13.1. The van der Waals surface area contributed by atoms with Crippen LogP contribution in [0.25, 0.3) is 11.1 Å². The Labute approximate surface area is 168 Å². The molecule has 0 saturated carbocycles. The van der Waals surface area contributed by atoms with Crippen molar-refractivity contribution in [2.75, 3.05) is 5.32 Å². The van der Waals surface area contributed by atoms with Gasteiger partial charge >= 0.3 is 0 Å². The summed E-state index contributed by atoms with van der Waals surface area (Å²) in [4.78, 5) is 22.5. The van der Waals surface area contributed by atoms with Gasteiger partial charge in [0.15, 0.2) is 11.5 Å². The van der Waals surface area contributed by atoms with E-state index in [9.17, 15) is 4.79 Å². The molecule has 134 valence electrons. The number of fused-ring (bicyclic) bond motifs is 1. The molecule has 1 N–H and O–H groups in total. The number of carbonyl (C=O) groups is 1. The maximum atomic E-state index is 12.8. The summed E-state index contributed by atoms with van der Waals surface area (Å²) in [5.74, 6) is 0.371. The summed E-state index contributed by atoms with van der Waals surface area (Å²) in [6.45, 7) is 1.79. The summed E-state index contributed by atoms with van der Waals surface area (Å²) in [5.41, 5.74) is 2.57. The SMILES string of the molecule is Cc1nc2cc(NC(=O)c3cccnc3Sc3ccc(Br)cc3)ccc2o1. The molecule has 4 rings (SSSR count). The molecule has 1 amide bonds. The van der Waals surface area contributed by atoms with Gasteiger partial charge in [0.1, 0.15) is 10.5 Å². The molecule has 0 saturated heterocycles. The highest BCUT2D eigenvalue weighted by molar-refractivity contribution is 9.10. The standard InChI is InChI=1S/C20H14BrN3O2S/c1-12-23-17-11-14(6-9-18(17)26-12)24-19(25)16-3-2-10-22-20(16)27-15-7-4-13(21)5-8-15/h2-11H,1H3,(H,24,25). The topological polar surface area (TPSA) is 68.0 Å². The molecule has 0 aliphatic carbocycles. The number of rotatable bonds is 4. The minimum Gasteiger partial charge on any atom is -0.441 e. The lowest BCUT2D eigenvalue weighted by molar-refractivity contribution is 0.102. The zero-order chi connectivity index (χ0) is 18.8. The third-order valence-corrected chi connectivity index (χ3v) is 5.35. The third-order valence-electron chi connectivity index (χ3n) is 3.80. The highest BCUT2D eigenvalue weighted by Crippen LogP contribution is 2.30. The van der Waals surface area contributed by atoms with Gasteiger partial charge in [-0.25, -0.2) is 9.97 Å². The minimum atomic E-state index is -0.220. The zero-order valence-corrected chi connectivity index (χ0v) is 16.7. The van der Waals surface area contributed by atoms with Crippen molar-refractivity contribution < 1.29 is 9.21 Å². The van der Waals surface area contributed by atoms with Crippen molar-refractivity contribution in [2.45, 2.75) is 16.8 Å². The number of aryl methyl sites for hydroxylation is 1. The van der Waals surface area contributed by atoms with E-state index in [0.29, 0.717) is 33.3 Å². The number of carbonyl (C=O) groups excluding carboxylic acids is 1. The fraction of sp³-hybridized carbons (Fsp3) is 0.0500. The van der Waals surface area contributed by atoms with Crippen LogP contribution in [0.5, 0.6) is 0 Å². The Morgan fingerprint density at radius 2 is 1.96 bits per heavy atom. The summed E-state index contributed by atoms with van der Waals surface area (Å²) in [6.07, 6.45) is 1.68. The van der Waals surface area contributed by atoms with Crippen LogP contribution in [0.4, 0.5) is 5.69 Å². The van der Waals surface area contributed by atoms with Crippen LogP contribution in [0, 0.1) is 6.92 Å². The van der Waals surface area contributed by atoms with E-state index < -0.39 is 0 Å². The second-order valence-corrected chi connectivity index (χ2v) is 7.76. The molecular formula is C20H14BrN3O2S. The molecule has 27 heavy (non-hydrogen) atoms. The predicted octanol–water partition coefficient (Wildman–Crippen LogP) is 5.70. The smallest absolute Gasteiger partial charge is 0.258 e. The van der Waals surface area contributed by atoms with Gasteiger partial charge in [0.25, 0.3) is 5.91 Å². The summed E-state index contributed by atoms with van der Waals surface area (Å²) >= 11 is 4.87. The van der Waals surface area contributed by atoms with Gasteiger partial charge < -0.3 is 9.73 Å². The molecule has 0 unspecified atom stereocenters. The summed E-state index contributed by atoms with van der Waals surface area (Å²) in [5, 5.41) is 3.56. The average molecular weight is 440 g/mol. The van der Waals surface area contributed by atoms with Crippen molar-refractivity contribution >= 4 is 50.4 Å². The van der Waals surface area contributed by atoms with Crippen LogP contribution in [0.2, 0.25) is 0 Å². The lowest BCUT2D eigenvalue weighted by Gasteiger charge is -2.09. The van der Waals surface area contributed by atoms with Crippen LogP contribution in [0.1, 0.15) is 16.2 Å². The number of benzene rings is 2. The van der Waals surface area contributed by atoms with Crippen molar-refractivity contribution in [3.63, 3.8) is 0 Å². The first-order valence-electron chi connectivity index (χ1n) is 8.15. The zero-order valence-electron chi connectivity index (χ0n) is 14.3. The Kier molecular flexibility index (Phi) is 4.96. The predicted molar refractivity (Wildman–Crippen MR) is 109 cm³/mol. The van der Waals surface area contributed by atoms with E-state index in [1.807, 2.05) is 24.3 Å². The van der Waals surface area contributed by atoms with E-state index in [0.717, 1.165) is 9.37 Å². The van der Waals surface area contributed by atoms with Gasteiger partial charge in [-0.05, 0) is 54.6 Å². The summed E-state index contributed by atoms with van der Waals surface area (Å²) in [6, 6.07) is 16.8. The molecule has 7 heteroatoms. The van der Waals surface area contributed by atoms with E-state index in [4.69, 9.17) is 4.42 Å². The Hall–Kier alpha value is -2.64. The molecule has 2 heterocycles. The Morgan fingerprint density at radius 3 is 2.78 bits per heavy atom. The van der Waals surface area contributed by atoms with Crippen molar-refractivity contribution in [2.24, 2.45) is 0 Å². The minimum absolute atomic E-state index is 0.220. The van der Waals surface area contributed by atoms with Crippen LogP contribution < -0.4 is 5.32 Å². The van der Waals surface area contributed by atoms with Gasteiger partial charge in [-0.1, -0.05) is 27.7 Å². The van der Waals surface area contributed by atoms with Crippen LogP contribution >= 0.6 is 27.7 Å². The summed E-state index contributed by atoms with van der Waals surface area (Å²) in [7, 11) is 0. The van der Waals surface area contributed by atoms with Gasteiger partial charge in [-0.15, -0.1) is 0 Å². The molecule has 0 radical (unpaired) electrons. The van der Waals surface area contributed by atoms with E-state index in [-0.39, 0.29) is 5.91 Å². The number of aromatic nitrogens is 2. The molecule has 0 atom stereocenters. The Balaban J connectivity index is 1.58. The second kappa shape index (κ2) is 7.54. The number of amides is 1. The molecule has 5 nitrogen and oxygen atoms in total. The molecular weight excluding hydrogens is 426 g/mol. The fourth-order valence-corrected chi connectivity index (χ4v) is 3.72. The van der Waals surface area contributed by atoms with Crippen LogP contribution in [0.15, 0.2) is 79.6 Å². The quantitative estimate of drug-likeness (QED) is 0.441. The molecule has 0 fully saturated rings. The van der Waals surface area contributed by atoms with Crippen LogP contribution in [-0.2, 0) is 0 Å². The summed E-state index contributed by atoms with van der Waals surface area (Å²) < 4.78 is 6.47. The lowest BCUT2D eigenvalue weighted by atomic mass is 10.2. The second-order valence-electron chi connectivity index (χ2n) is 5.78. The normalized spacial score (nSPS) is 10.9. The van der Waals surface area contributed by atoms with E-state index in [1.54, 1.807) is 43.5 Å². The van der Waals surface area contributed by atoms with E-state index in [2.05, 4.69) is 31.2 Å². The van der Waals surface area contributed by atoms with E-state index >= 15 is 0 Å². The number of nitrogens with one attached hydrogen (secondary N) is 1. The van der Waals surface area contributed by atoms with Crippen molar-refractivity contribution in [3.05, 3.63) is 76.7 Å². The van der Waals surface area contributed by atoms with Crippen molar-refractivity contribution in [1.82, 2.24) is 9.97 Å². The number of nitrogens with zero attached hydrogens (tertiary/aromatic N) is 2. The number of oxazole rings is 1. The van der Waals surface area contributed by atoms with Crippen molar-refractivity contribution in [3.8, 4) is 0 Å². The first-order valence-corrected chi connectivity index (χ1v) is 9.76. The van der Waals surface area contributed by atoms with Gasteiger partial charge in [0.05, 0.1) is 5.56 Å². The fourth-order valence-electron chi connectivity index (χ4n) is 2.58. The number of halogens is 1. The third kappa shape index (κ3) is 4.04. The highest BCUT2D eigenvalue weighted by atomic mass is 79.9. The molecule has 0 bridgehead atoms. The monoisotopic (exact) mass is 439 g/mol. The number of anilines is 1. The molecule has 4 aromatic rings. The van der Waals surface area contributed by atoms with Crippen molar-refractivity contribution in [1.29, 1.82) is 0 Å². The number of pyridine rings is 1. The number of hydrogen-bond acceptors (Lipinski definition) is 5. The maximum absolute atomic E-state index is 12.8. The Morgan fingerprint density at radius 1 is 1.15 bits per heavy atom. The average Bonchev–Trinajstić information content (AvgIpc) is 3.03. The first kappa shape index (κ1) is 17.8. The molecule has 0 spiro atoms. The Bertz CT molecular complexity index is 1130. The molecule has 2 aromatic carbocycles. The number of hydrogen-bond donors (Lipinski definition) is 1. The molecule has 0 aliphatic heterocycles.